The first-order valence-electron chi connectivity index (χ1n) is 11.1. The van der Waals surface area contributed by atoms with Gasteiger partial charge in [0.2, 0.25) is 0 Å². The van der Waals surface area contributed by atoms with Crippen molar-refractivity contribution >= 4 is 52.2 Å². The molecule has 0 unspecified atom stereocenters. The summed E-state index contributed by atoms with van der Waals surface area (Å²) in [5.74, 6) is -0.562. The van der Waals surface area contributed by atoms with Crippen LogP contribution < -0.4 is 30.3 Å². The average Bonchev–Trinajstić information content (AvgIpc) is 3.40. The van der Waals surface area contributed by atoms with Crippen molar-refractivity contribution in [1.29, 1.82) is 0 Å². The number of amides is 3. The van der Waals surface area contributed by atoms with E-state index < -0.39 is 11.8 Å². The lowest BCUT2D eigenvalue weighted by molar-refractivity contribution is -0.139. The van der Waals surface area contributed by atoms with Crippen LogP contribution in [0.25, 0.3) is 0 Å². The Balaban J connectivity index is 1.52. The van der Waals surface area contributed by atoms with Gasteiger partial charge in [-0.25, -0.2) is 5.43 Å². The third-order valence-corrected chi connectivity index (χ3v) is 5.87. The summed E-state index contributed by atoms with van der Waals surface area (Å²) in [5.41, 5.74) is 3.39. The minimum atomic E-state index is -0.881. The number of methoxy groups -OCH3 is 2. The van der Waals surface area contributed by atoms with Gasteiger partial charge in [0.25, 0.3) is 5.91 Å². The maximum absolute atomic E-state index is 12.3. The van der Waals surface area contributed by atoms with E-state index in [2.05, 4.69) is 21.2 Å². The minimum absolute atomic E-state index is 0.0611. The number of rotatable bonds is 10. The second-order valence-corrected chi connectivity index (χ2v) is 8.81. The molecule has 1 heterocycles. The van der Waals surface area contributed by atoms with Crippen LogP contribution in [0.1, 0.15) is 18.4 Å². The van der Waals surface area contributed by atoms with Crippen LogP contribution in [0, 0.1) is 3.57 Å². The summed E-state index contributed by atoms with van der Waals surface area (Å²) in [5, 5.41) is 9.10. The number of hydrogen-bond donors (Lipinski definition) is 3. The summed E-state index contributed by atoms with van der Waals surface area (Å²) in [4.78, 5) is 36.1. The van der Waals surface area contributed by atoms with Crippen molar-refractivity contribution in [2.75, 3.05) is 39.3 Å². The van der Waals surface area contributed by atoms with Gasteiger partial charge >= 0.3 is 11.8 Å². The number of halogens is 1. The number of carbonyl (C=O) groups excluding carboxylic acids is 3. The van der Waals surface area contributed by atoms with E-state index in [9.17, 15) is 14.4 Å². The van der Waals surface area contributed by atoms with Gasteiger partial charge < -0.3 is 29.6 Å². The van der Waals surface area contributed by atoms with Crippen molar-refractivity contribution in [2.45, 2.75) is 18.9 Å². The van der Waals surface area contributed by atoms with Crippen molar-refractivity contribution < 1.29 is 33.3 Å². The number of hydrazone groups is 1. The first kappa shape index (κ1) is 27.2. The average molecular weight is 610 g/mol. The van der Waals surface area contributed by atoms with Crippen LogP contribution >= 0.6 is 22.6 Å². The Hall–Kier alpha value is -3.39. The fraction of sp³-hybridized carbons (Fsp3) is 0.333. The minimum Gasteiger partial charge on any atom is -0.497 e. The monoisotopic (exact) mass is 610 g/mol. The largest absolute Gasteiger partial charge is 0.497 e. The molecule has 0 aliphatic carbocycles. The maximum Gasteiger partial charge on any atom is 0.329 e. The molecule has 1 aliphatic heterocycles. The number of carbonyl (C=O) groups is 3. The van der Waals surface area contributed by atoms with Crippen LogP contribution in [0.15, 0.2) is 41.5 Å². The van der Waals surface area contributed by atoms with E-state index in [-0.39, 0.29) is 25.2 Å². The normalized spacial score (nSPS) is 14.8. The van der Waals surface area contributed by atoms with Crippen LogP contribution in [0.5, 0.6) is 17.2 Å². The Labute approximate surface area is 222 Å². The van der Waals surface area contributed by atoms with Crippen molar-refractivity contribution in [1.82, 2.24) is 10.7 Å². The fourth-order valence-electron chi connectivity index (χ4n) is 3.27. The zero-order chi connectivity index (χ0) is 25.9. The van der Waals surface area contributed by atoms with Gasteiger partial charge in [0, 0.05) is 18.8 Å². The fourth-order valence-corrected chi connectivity index (χ4v) is 4.05. The van der Waals surface area contributed by atoms with E-state index in [1.807, 2.05) is 22.6 Å². The third-order valence-electron chi connectivity index (χ3n) is 5.07. The molecule has 1 saturated heterocycles. The molecule has 0 aromatic heterocycles. The van der Waals surface area contributed by atoms with E-state index in [4.69, 9.17) is 18.9 Å². The summed E-state index contributed by atoms with van der Waals surface area (Å²) in [7, 11) is 3.04. The predicted octanol–water partition coefficient (Wildman–Crippen LogP) is 2.07. The van der Waals surface area contributed by atoms with Gasteiger partial charge in [0.15, 0.2) is 18.1 Å². The van der Waals surface area contributed by atoms with Crippen LogP contribution in [-0.2, 0) is 19.1 Å². The third kappa shape index (κ3) is 8.09. The van der Waals surface area contributed by atoms with Crippen LogP contribution in [0.2, 0.25) is 0 Å². The Bertz CT molecular complexity index is 1100. The molecule has 2 aromatic rings. The molecular formula is C24H27IN4O7. The summed E-state index contributed by atoms with van der Waals surface area (Å²) in [6, 6.07) is 10.3. The molecule has 0 radical (unpaired) electrons. The molecule has 11 nitrogen and oxygen atoms in total. The summed E-state index contributed by atoms with van der Waals surface area (Å²) in [6.45, 7) is 0.716. The zero-order valence-electron chi connectivity index (χ0n) is 19.8. The smallest absolute Gasteiger partial charge is 0.329 e. The molecule has 3 rings (SSSR count). The molecular weight excluding hydrogens is 583 g/mol. The van der Waals surface area contributed by atoms with Gasteiger partial charge in [-0.2, -0.15) is 5.10 Å². The van der Waals surface area contributed by atoms with Gasteiger partial charge in [0.1, 0.15) is 5.75 Å². The molecule has 1 atom stereocenters. The second kappa shape index (κ2) is 13.6. The Morgan fingerprint density at radius 3 is 2.58 bits per heavy atom. The lowest BCUT2D eigenvalue weighted by atomic mass is 10.2. The van der Waals surface area contributed by atoms with E-state index >= 15 is 0 Å². The number of benzene rings is 2. The Kier molecular flexibility index (Phi) is 10.3. The standard InChI is InChI=1S/C24H27IN4O7/c1-33-17-7-5-16(6-8-17)28-21(30)14-36-22-19(25)10-15(11-20(22)34-2)12-27-29-24(32)23(31)26-13-18-4-3-9-35-18/h5-8,10-12,18H,3-4,9,13-14H2,1-2H3,(H,26,31)(H,28,30)(H,29,32)/b27-12-/t18-/m1/s1. The maximum atomic E-state index is 12.3. The highest BCUT2D eigenvalue weighted by molar-refractivity contribution is 14.1. The zero-order valence-corrected chi connectivity index (χ0v) is 22.0. The van der Waals surface area contributed by atoms with E-state index in [1.165, 1.54) is 13.3 Å². The number of nitrogens with zero attached hydrogens (tertiary/aromatic N) is 1. The lowest BCUT2D eigenvalue weighted by Crippen LogP contribution is -2.41. The molecule has 2 aromatic carbocycles. The van der Waals surface area contributed by atoms with Crippen molar-refractivity contribution in [3.05, 3.63) is 45.5 Å². The molecule has 3 N–H and O–H groups in total. The van der Waals surface area contributed by atoms with Crippen LogP contribution in [0.3, 0.4) is 0 Å². The molecule has 192 valence electrons. The lowest BCUT2D eigenvalue weighted by Gasteiger charge is -2.13. The van der Waals surface area contributed by atoms with Gasteiger partial charge in [-0.3, -0.25) is 14.4 Å². The van der Waals surface area contributed by atoms with Crippen molar-refractivity contribution in [3.8, 4) is 17.2 Å². The highest BCUT2D eigenvalue weighted by Crippen LogP contribution is 2.33. The van der Waals surface area contributed by atoms with E-state index in [1.54, 1.807) is 43.5 Å². The van der Waals surface area contributed by atoms with Gasteiger partial charge in [-0.1, -0.05) is 0 Å². The number of ether oxygens (including phenoxy) is 4. The number of hydrogen-bond acceptors (Lipinski definition) is 8. The summed E-state index contributed by atoms with van der Waals surface area (Å²) >= 11 is 2.04. The Morgan fingerprint density at radius 1 is 1.14 bits per heavy atom. The van der Waals surface area contributed by atoms with E-state index in [0.717, 1.165) is 12.8 Å². The quantitative estimate of drug-likeness (QED) is 0.162. The second-order valence-electron chi connectivity index (χ2n) is 7.64. The first-order valence-corrected chi connectivity index (χ1v) is 12.1. The van der Waals surface area contributed by atoms with Crippen LogP contribution in [0.4, 0.5) is 5.69 Å². The topological polar surface area (TPSA) is 137 Å². The summed E-state index contributed by atoms with van der Waals surface area (Å²) in [6.07, 6.45) is 3.11. The van der Waals surface area contributed by atoms with E-state index in [0.29, 0.717) is 38.7 Å². The van der Waals surface area contributed by atoms with Gasteiger partial charge in [-0.05, 0) is 77.4 Å². The molecule has 0 saturated carbocycles. The molecule has 0 spiro atoms. The number of anilines is 1. The highest BCUT2D eigenvalue weighted by Gasteiger charge is 2.19. The number of nitrogens with one attached hydrogen (secondary N) is 3. The molecule has 12 heteroatoms. The molecule has 3 amide bonds. The van der Waals surface area contributed by atoms with Crippen molar-refractivity contribution in [3.63, 3.8) is 0 Å². The molecule has 1 fully saturated rings. The highest BCUT2D eigenvalue weighted by atomic mass is 127. The van der Waals surface area contributed by atoms with Crippen LogP contribution in [-0.4, -0.2) is 64.0 Å². The SMILES string of the molecule is COc1ccc(NC(=O)COc2c(I)cc(/C=N\NC(=O)C(=O)NC[C@H]3CCCO3)cc2OC)cc1. The summed E-state index contributed by atoms with van der Waals surface area (Å²) < 4.78 is 22.2. The first-order chi connectivity index (χ1) is 17.4. The van der Waals surface area contributed by atoms with Gasteiger partial charge in [-0.15, -0.1) is 0 Å². The van der Waals surface area contributed by atoms with Crippen molar-refractivity contribution in [2.24, 2.45) is 5.10 Å². The van der Waals surface area contributed by atoms with Gasteiger partial charge in [0.05, 0.1) is 30.1 Å². The Morgan fingerprint density at radius 2 is 1.92 bits per heavy atom. The molecule has 1 aliphatic rings. The molecule has 0 bridgehead atoms. The predicted molar refractivity (Wildman–Crippen MR) is 141 cm³/mol. The molecule has 36 heavy (non-hydrogen) atoms.